The van der Waals surface area contributed by atoms with Gasteiger partial charge in [0.25, 0.3) is 0 Å². The Kier molecular flexibility index (Phi) is 4.24. The van der Waals surface area contributed by atoms with Crippen molar-refractivity contribution in [2.75, 3.05) is 44.7 Å². The molecule has 1 saturated heterocycles. The molecule has 0 spiro atoms. The molecule has 0 bridgehead atoms. The van der Waals surface area contributed by atoms with Crippen molar-refractivity contribution in [3.8, 4) is 0 Å². The van der Waals surface area contributed by atoms with Gasteiger partial charge in [-0.05, 0) is 20.0 Å². The minimum absolute atomic E-state index is 0.297. The molecule has 1 aliphatic heterocycles. The van der Waals surface area contributed by atoms with Crippen LogP contribution in [0, 0.1) is 0 Å². The molecule has 2 aromatic rings. The number of anilines is 1. The predicted octanol–water partition coefficient (Wildman–Crippen LogP) is 2.16. The van der Waals surface area contributed by atoms with Gasteiger partial charge in [-0.2, -0.15) is 0 Å². The number of aromatic nitrogens is 1. The molecule has 2 heterocycles. The Hall–Kier alpha value is -2.14. The first-order valence-corrected chi connectivity index (χ1v) is 7.69. The maximum atomic E-state index is 12.3. The summed E-state index contributed by atoms with van der Waals surface area (Å²) in [4.78, 5) is 21.3. The van der Waals surface area contributed by atoms with Gasteiger partial charge in [0, 0.05) is 37.8 Å². The monoisotopic (exact) mass is 299 g/mol. The molecule has 0 amide bonds. The molecule has 1 aromatic carbocycles. The lowest BCUT2D eigenvalue weighted by Crippen LogP contribution is -2.45. The number of fused-ring (bicyclic) bond motifs is 1. The van der Waals surface area contributed by atoms with Gasteiger partial charge in [-0.3, -0.25) is 4.98 Å². The van der Waals surface area contributed by atoms with Crippen LogP contribution in [-0.2, 0) is 4.74 Å². The maximum absolute atomic E-state index is 12.3. The third-order valence-corrected chi connectivity index (χ3v) is 4.06. The zero-order chi connectivity index (χ0) is 15.5. The lowest BCUT2D eigenvalue weighted by Gasteiger charge is -2.35. The van der Waals surface area contributed by atoms with Gasteiger partial charge in [-0.25, -0.2) is 4.79 Å². The van der Waals surface area contributed by atoms with Crippen molar-refractivity contribution >= 4 is 22.6 Å². The van der Waals surface area contributed by atoms with E-state index < -0.39 is 0 Å². The number of likely N-dealkylation sites (N-methyl/N-ethyl adjacent to an activating group) is 1. The molecule has 1 aromatic heterocycles. The van der Waals surface area contributed by atoms with E-state index in [4.69, 9.17) is 4.74 Å². The topological polar surface area (TPSA) is 45.7 Å². The molecule has 1 fully saturated rings. The summed E-state index contributed by atoms with van der Waals surface area (Å²) >= 11 is 0. The van der Waals surface area contributed by atoms with Gasteiger partial charge in [0.1, 0.15) is 5.56 Å². The largest absolute Gasteiger partial charge is 0.462 e. The Labute approximate surface area is 130 Å². The molecule has 1 aliphatic rings. The van der Waals surface area contributed by atoms with Crippen molar-refractivity contribution in [3.05, 3.63) is 36.0 Å². The number of benzene rings is 1. The Bertz CT molecular complexity index is 679. The number of hydrogen-bond acceptors (Lipinski definition) is 5. The first-order valence-electron chi connectivity index (χ1n) is 7.69. The normalized spacial score (nSPS) is 16.0. The van der Waals surface area contributed by atoms with E-state index >= 15 is 0 Å². The average Bonchev–Trinajstić information content (AvgIpc) is 2.55. The second-order valence-electron chi connectivity index (χ2n) is 5.55. The van der Waals surface area contributed by atoms with Crippen LogP contribution in [0.2, 0.25) is 0 Å². The zero-order valence-corrected chi connectivity index (χ0v) is 13.1. The molecule has 116 valence electrons. The summed E-state index contributed by atoms with van der Waals surface area (Å²) in [6, 6.07) is 7.95. The fourth-order valence-electron chi connectivity index (χ4n) is 2.86. The quantitative estimate of drug-likeness (QED) is 0.813. The van der Waals surface area contributed by atoms with Gasteiger partial charge in [0.2, 0.25) is 0 Å². The number of esters is 1. The predicted molar refractivity (Wildman–Crippen MR) is 87.4 cm³/mol. The van der Waals surface area contributed by atoms with E-state index in [9.17, 15) is 4.79 Å². The Morgan fingerprint density at radius 1 is 1.23 bits per heavy atom. The van der Waals surface area contributed by atoms with Crippen LogP contribution in [0.15, 0.2) is 30.5 Å². The van der Waals surface area contributed by atoms with Gasteiger partial charge in [0.05, 0.1) is 17.8 Å². The lowest BCUT2D eigenvalue weighted by molar-refractivity contribution is 0.0526. The van der Waals surface area contributed by atoms with E-state index in [1.807, 2.05) is 31.2 Å². The smallest absolute Gasteiger partial charge is 0.341 e. The van der Waals surface area contributed by atoms with Crippen molar-refractivity contribution in [1.82, 2.24) is 9.88 Å². The van der Waals surface area contributed by atoms with Crippen molar-refractivity contribution in [2.45, 2.75) is 6.92 Å². The minimum atomic E-state index is -0.297. The second-order valence-corrected chi connectivity index (χ2v) is 5.55. The minimum Gasteiger partial charge on any atom is -0.462 e. The summed E-state index contributed by atoms with van der Waals surface area (Å²) < 4.78 is 5.21. The van der Waals surface area contributed by atoms with E-state index in [-0.39, 0.29) is 5.97 Å². The molecule has 3 rings (SSSR count). The van der Waals surface area contributed by atoms with Crippen molar-refractivity contribution < 1.29 is 9.53 Å². The average molecular weight is 299 g/mol. The van der Waals surface area contributed by atoms with Crippen molar-refractivity contribution in [3.63, 3.8) is 0 Å². The standard InChI is InChI=1S/C17H21N3O2/c1-3-22-17(21)14-12-18-15-7-5-4-6-13(15)16(14)20-10-8-19(2)9-11-20/h4-7,12H,3,8-11H2,1-2H3. The summed E-state index contributed by atoms with van der Waals surface area (Å²) in [5.74, 6) is -0.297. The summed E-state index contributed by atoms with van der Waals surface area (Å²) in [6.45, 7) is 5.96. The van der Waals surface area contributed by atoms with Gasteiger partial charge in [-0.1, -0.05) is 18.2 Å². The van der Waals surface area contributed by atoms with E-state index in [1.54, 1.807) is 6.20 Å². The summed E-state index contributed by atoms with van der Waals surface area (Å²) in [7, 11) is 2.12. The van der Waals surface area contributed by atoms with E-state index in [0.717, 1.165) is 42.8 Å². The number of ether oxygens (including phenoxy) is 1. The van der Waals surface area contributed by atoms with Gasteiger partial charge in [-0.15, -0.1) is 0 Å². The fourth-order valence-corrected chi connectivity index (χ4v) is 2.86. The number of rotatable bonds is 3. The van der Waals surface area contributed by atoms with Crippen LogP contribution in [0.1, 0.15) is 17.3 Å². The van der Waals surface area contributed by atoms with E-state index in [1.165, 1.54) is 0 Å². The zero-order valence-electron chi connectivity index (χ0n) is 13.1. The van der Waals surface area contributed by atoms with Crippen molar-refractivity contribution in [1.29, 1.82) is 0 Å². The lowest BCUT2D eigenvalue weighted by atomic mass is 10.1. The van der Waals surface area contributed by atoms with Crippen LogP contribution < -0.4 is 4.90 Å². The molecule has 0 atom stereocenters. The van der Waals surface area contributed by atoms with E-state index in [0.29, 0.717) is 12.2 Å². The van der Waals surface area contributed by atoms with Crippen molar-refractivity contribution in [2.24, 2.45) is 0 Å². The highest BCUT2D eigenvalue weighted by Crippen LogP contribution is 2.30. The number of nitrogens with zero attached hydrogens (tertiary/aromatic N) is 3. The third-order valence-electron chi connectivity index (χ3n) is 4.06. The summed E-state index contributed by atoms with van der Waals surface area (Å²) in [6.07, 6.45) is 1.65. The molecule has 0 aliphatic carbocycles. The molecule has 5 heteroatoms. The first-order chi connectivity index (χ1) is 10.7. The molecule has 22 heavy (non-hydrogen) atoms. The number of para-hydroxylation sites is 1. The molecule has 0 radical (unpaired) electrons. The number of hydrogen-bond donors (Lipinski definition) is 0. The molecule has 0 N–H and O–H groups in total. The van der Waals surface area contributed by atoms with Crippen LogP contribution in [0.5, 0.6) is 0 Å². The Morgan fingerprint density at radius 3 is 2.68 bits per heavy atom. The molecular weight excluding hydrogens is 278 g/mol. The number of pyridine rings is 1. The highest BCUT2D eigenvalue weighted by molar-refractivity contribution is 6.05. The van der Waals surface area contributed by atoms with Crippen LogP contribution in [0.25, 0.3) is 10.9 Å². The molecular formula is C17H21N3O2. The number of piperazine rings is 1. The van der Waals surface area contributed by atoms with Gasteiger partial charge < -0.3 is 14.5 Å². The van der Waals surface area contributed by atoms with Crippen LogP contribution in [-0.4, -0.2) is 55.7 Å². The fraction of sp³-hybridized carbons (Fsp3) is 0.412. The SMILES string of the molecule is CCOC(=O)c1cnc2ccccc2c1N1CCN(C)CC1. The summed E-state index contributed by atoms with van der Waals surface area (Å²) in [5.41, 5.74) is 2.42. The Balaban J connectivity index is 2.10. The highest BCUT2D eigenvalue weighted by Gasteiger charge is 2.23. The second kappa shape index (κ2) is 6.32. The number of carbonyl (C=O) groups is 1. The Morgan fingerprint density at radius 2 is 1.95 bits per heavy atom. The van der Waals surface area contributed by atoms with Crippen LogP contribution >= 0.6 is 0 Å². The maximum Gasteiger partial charge on any atom is 0.341 e. The molecule has 5 nitrogen and oxygen atoms in total. The third kappa shape index (κ3) is 2.76. The van der Waals surface area contributed by atoms with E-state index in [2.05, 4.69) is 21.8 Å². The first kappa shape index (κ1) is 14.8. The van der Waals surface area contributed by atoms with Gasteiger partial charge in [0.15, 0.2) is 0 Å². The molecule has 0 saturated carbocycles. The van der Waals surface area contributed by atoms with Crippen LogP contribution in [0.3, 0.4) is 0 Å². The van der Waals surface area contributed by atoms with Crippen LogP contribution in [0.4, 0.5) is 5.69 Å². The summed E-state index contributed by atoms with van der Waals surface area (Å²) in [5, 5.41) is 1.01. The van der Waals surface area contributed by atoms with Gasteiger partial charge >= 0.3 is 5.97 Å². The molecule has 0 unspecified atom stereocenters. The highest BCUT2D eigenvalue weighted by atomic mass is 16.5. The number of carbonyl (C=O) groups excluding carboxylic acids is 1.